The highest BCUT2D eigenvalue weighted by Crippen LogP contribution is 2.37. The second kappa shape index (κ2) is 8.13. The molecule has 3 rings (SSSR count). The van der Waals surface area contributed by atoms with Crippen LogP contribution in [0.1, 0.15) is 11.3 Å². The van der Waals surface area contributed by atoms with E-state index < -0.39 is 22.9 Å². The number of aryl methyl sites for hydroxylation is 1. The van der Waals surface area contributed by atoms with E-state index in [1.165, 1.54) is 13.1 Å². The Morgan fingerprint density at radius 1 is 1.07 bits per heavy atom. The van der Waals surface area contributed by atoms with Gasteiger partial charge in [-0.2, -0.15) is 13.2 Å². The van der Waals surface area contributed by atoms with Gasteiger partial charge in [0.05, 0.1) is 10.6 Å². The molecule has 0 unspecified atom stereocenters. The highest BCUT2D eigenvalue weighted by atomic mass is 35.5. The Labute approximate surface area is 170 Å². The number of ether oxygens (including phenoxy) is 1. The monoisotopic (exact) mass is 420 g/mol. The number of carbonyl (C=O) groups excluding carboxylic acids is 1. The van der Waals surface area contributed by atoms with Crippen LogP contribution in [0, 0.1) is 6.92 Å². The lowest BCUT2D eigenvalue weighted by molar-refractivity contribution is -0.137. The molecule has 1 aromatic heterocycles. The Bertz CT molecular complexity index is 1040. The maximum absolute atomic E-state index is 13.0. The molecule has 4 nitrogen and oxygen atoms in total. The lowest BCUT2D eigenvalue weighted by Gasteiger charge is -2.19. The van der Waals surface area contributed by atoms with Gasteiger partial charge in [0.1, 0.15) is 5.75 Å². The normalized spacial score (nSPS) is 11.2. The van der Waals surface area contributed by atoms with E-state index in [0.717, 1.165) is 33.9 Å². The van der Waals surface area contributed by atoms with Crippen molar-refractivity contribution in [3.05, 3.63) is 77.1 Å². The molecule has 0 N–H and O–H groups in total. The fourth-order valence-electron chi connectivity index (χ4n) is 2.59. The summed E-state index contributed by atoms with van der Waals surface area (Å²) in [7, 11) is 1.32. The van der Waals surface area contributed by atoms with Gasteiger partial charge in [0.2, 0.25) is 0 Å². The summed E-state index contributed by atoms with van der Waals surface area (Å²) in [5, 5.41) is -0.442. The van der Waals surface area contributed by atoms with E-state index in [-0.39, 0.29) is 11.4 Å². The molecule has 0 saturated carbocycles. The zero-order valence-electron chi connectivity index (χ0n) is 15.5. The third-order valence-electron chi connectivity index (χ3n) is 4.20. The number of nitrogens with zero attached hydrogens (tertiary/aromatic N) is 2. The van der Waals surface area contributed by atoms with Gasteiger partial charge >= 0.3 is 12.3 Å². The number of aromatic nitrogens is 1. The van der Waals surface area contributed by atoms with Crippen LogP contribution in [0.4, 0.5) is 23.7 Å². The number of halogens is 4. The molecule has 1 amide bonds. The van der Waals surface area contributed by atoms with Gasteiger partial charge in [-0.3, -0.25) is 9.88 Å². The lowest BCUT2D eigenvalue weighted by atomic mass is 10.1. The summed E-state index contributed by atoms with van der Waals surface area (Å²) in [6.07, 6.45) is -3.76. The van der Waals surface area contributed by atoms with Gasteiger partial charge in [-0.1, -0.05) is 29.8 Å². The molecule has 8 heteroatoms. The highest BCUT2D eigenvalue weighted by molar-refractivity contribution is 6.31. The number of rotatable bonds is 3. The van der Waals surface area contributed by atoms with Crippen molar-refractivity contribution < 1.29 is 22.7 Å². The summed E-state index contributed by atoms with van der Waals surface area (Å²) in [6.45, 7) is 1.87. The van der Waals surface area contributed by atoms with Crippen LogP contribution in [0.2, 0.25) is 5.02 Å². The fraction of sp³-hybridized carbons (Fsp3) is 0.143. The van der Waals surface area contributed by atoms with E-state index in [0.29, 0.717) is 0 Å². The summed E-state index contributed by atoms with van der Waals surface area (Å²) in [5.41, 5.74) is 1.49. The van der Waals surface area contributed by atoms with Crippen LogP contribution in [0.5, 0.6) is 5.75 Å². The standard InChI is InChI=1S/C21H16ClF3N2O2/c1-13-6-7-15(12-26-13)14-4-3-5-17(10-14)29-20(28)27(2)16-8-9-19(22)18(11-16)21(23,24)25/h3-12H,1-2H3. The van der Waals surface area contributed by atoms with Crippen molar-refractivity contribution in [2.24, 2.45) is 0 Å². The summed E-state index contributed by atoms with van der Waals surface area (Å²) >= 11 is 5.62. The van der Waals surface area contributed by atoms with Gasteiger partial charge in [0, 0.05) is 30.2 Å². The van der Waals surface area contributed by atoms with Crippen molar-refractivity contribution >= 4 is 23.4 Å². The van der Waals surface area contributed by atoms with Gasteiger partial charge in [0.15, 0.2) is 0 Å². The van der Waals surface area contributed by atoms with Crippen LogP contribution in [-0.4, -0.2) is 18.1 Å². The van der Waals surface area contributed by atoms with Crippen molar-refractivity contribution in [3.8, 4) is 16.9 Å². The topological polar surface area (TPSA) is 42.4 Å². The van der Waals surface area contributed by atoms with E-state index in [4.69, 9.17) is 16.3 Å². The Morgan fingerprint density at radius 2 is 1.83 bits per heavy atom. The number of hydrogen-bond donors (Lipinski definition) is 0. The molecule has 3 aromatic rings. The SMILES string of the molecule is Cc1ccc(-c2cccc(OC(=O)N(C)c3ccc(Cl)c(C(F)(F)F)c3)c2)cn1. The molecule has 0 atom stereocenters. The molecular formula is C21H16ClF3N2O2. The second-order valence-corrected chi connectivity index (χ2v) is 6.71. The van der Waals surface area contributed by atoms with Gasteiger partial charge in [0.25, 0.3) is 0 Å². The molecular weight excluding hydrogens is 405 g/mol. The number of amides is 1. The lowest BCUT2D eigenvalue weighted by Crippen LogP contribution is -2.29. The van der Waals surface area contributed by atoms with Gasteiger partial charge in [-0.15, -0.1) is 0 Å². The smallest absolute Gasteiger partial charge is 0.410 e. The predicted octanol–water partition coefficient (Wildman–Crippen LogP) is 6.36. The van der Waals surface area contributed by atoms with Crippen LogP contribution in [0.15, 0.2) is 60.8 Å². The minimum absolute atomic E-state index is 0.00520. The van der Waals surface area contributed by atoms with Crippen LogP contribution in [0.25, 0.3) is 11.1 Å². The first kappa shape index (κ1) is 20.7. The molecule has 0 saturated heterocycles. The van der Waals surface area contributed by atoms with E-state index >= 15 is 0 Å². The Morgan fingerprint density at radius 3 is 2.48 bits per heavy atom. The molecule has 0 aliphatic rings. The van der Waals surface area contributed by atoms with Gasteiger partial charge in [-0.25, -0.2) is 4.79 Å². The minimum Gasteiger partial charge on any atom is -0.410 e. The van der Waals surface area contributed by atoms with Gasteiger partial charge in [-0.05, 0) is 48.9 Å². The third kappa shape index (κ3) is 4.86. The number of benzene rings is 2. The van der Waals surface area contributed by atoms with E-state index in [2.05, 4.69) is 4.98 Å². The number of pyridine rings is 1. The van der Waals surface area contributed by atoms with Crippen molar-refractivity contribution in [2.75, 3.05) is 11.9 Å². The zero-order chi connectivity index (χ0) is 21.2. The first-order valence-electron chi connectivity index (χ1n) is 8.50. The van der Waals surface area contributed by atoms with Crippen molar-refractivity contribution in [2.45, 2.75) is 13.1 Å². The number of anilines is 1. The number of hydrogen-bond acceptors (Lipinski definition) is 3. The molecule has 2 aromatic carbocycles. The second-order valence-electron chi connectivity index (χ2n) is 6.30. The minimum atomic E-state index is -4.63. The number of alkyl halides is 3. The molecule has 0 spiro atoms. The Balaban J connectivity index is 1.80. The zero-order valence-corrected chi connectivity index (χ0v) is 16.3. The summed E-state index contributed by atoms with van der Waals surface area (Å²) in [6, 6.07) is 13.7. The average Bonchev–Trinajstić information content (AvgIpc) is 2.67. The summed E-state index contributed by atoms with van der Waals surface area (Å²) in [4.78, 5) is 17.6. The van der Waals surface area contributed by atoms with E-state index in [9.17, 15) is 18.0 Å². The predicted molar refractivity (Wildman–Crippen MR) is 105 cm³/mol. The van der Waals surface area contributed by atoms with E-state index in [1.807, 2.05) is 25.1 Å². The molecule has 0 bridgehead atoms. The first-order chi connectivity index (χ1) is 13.6. The number of carbonyl (C=O) groups is 1. The van der Waals surface area contributed by atoms with Crippen molar-refractivity contribution in [1.29, 1.82) is 0 Å². The maximum Gasteiger partial charge on any atom is 0.419 e. The third-order valence-corrected chi connectivity index (χ3v) is 4.53. The highest BCUT2D eigenvalue weighted by Gasteiger charge is 2.34. The van der Waals surface area contributed by atoms with Gasteiger partial charge < -0.3 is 4.74 Å². The maximum atomic E-state index is 13.0. The molecule has 0 aliphatic carbocycles. The van der Waals surface area contributed by atoms with E-state index in [1.54, 1.807) is 24.4 Å². The van der Waals surface area contributed by atoms with Crippen LogP contribution >= 0.6 is 11.6 Å². The van der Waals surface area contributed by atoms with Crippen molar-refractivity contribution in [1.82, 2.24) is 4.98 Å². The van der Waals surface area contributed by atoms with Crippen LogP contribution in [-0.2, 0) is 6.18 Å². The Kier molecular flexibility index (Phi) is 5.79. The quantitative estimate of drug-likeness (QED) is 0.494. The first-order valence-corrected chi connectivity index (χ1v) is 8.88. The fourth-order valence-corrected chi connectivity index (χ4v) is 2.82. The molecule has 150 valence electrons. The summed E-state index contributed by atoms with van der Waals surface area (Å²) < 4.78 is 44.5. The molecule has 0 aliphatic heterocycles. The van der Waals surface area contributed by atoms with Crippen LogP contribution in [0.3, 0.4) is 0 Å². The van der Waals surface area contributed by atoms with Crippen LogP contribution < -0.4 is 9.64 Å². The molecule has 0 fully saturated rings. The molecule has 29 heavy (non-hydrogen) atoms. The van der Waals surface area contributed by atoms with Crippen molar-refractivity contribution in [3.63, 3.8) is 0 Å². The largest absolute Gasteiger partial charge is 0.419 e. The summed E-state index contributed by atoms with van der Waals surface area (Å²) in [5.74, 6) is 0.255. The molecule has 1 heterocycles. The average molecular weight is 421 g/mol. The molecule has 0 radical (unpaired) electrons. The Hall–Kier alpha value is -3.06.